The van der Waals surface area contributed by atoms with Crippen LogP contribution in [-0.2, 0) is 25.5 Å². The number of fused-ring (bicyclic) bond motifs is 2. The van der Waals surface area contributed by atoms with Crippen LogP contribution < -0.4 is 10.6 Å². The van der Waals surface area contributed by atoms with Gasteiger partial charge in [0.25, 0.3) is 11.8 Å². The molecule has 0 aromatic heterocycles. The fourth-order valence-corrected chi connectivity index (χ4v) is 6.75. The molecular weight excluding hydrogens is 561 g/mol. The Kier molecular flexibility index (Phi) is 8.48. The lowest BCUT2D eigenvalue weighted by Gasteiger charge is -2.37. The molecule has 3 aliphatic rings. The maximum Gasteiger partial charge on any atom is 0.337 e. The van der Waals surface area contributed by atoms with Gasteiger partial charge >= 0.3 is 5.97 Å². The molecule has 2 fully saturated rings. The second kappa shape index (κ2) is 12.6. The first kappa shape index (κ1) is 29.6. The number of benzene rings is 3. The van der Waals surface area contributed by atoms with Crippen molar-refractivity contribution in [3.63, 3.8) is 0 Å². The van der Waals surface area contributed by atoms with E-state index in [2.05, 4.69) is 10.6 Å². The number of para-hydroxylation sites is 1. The molecule has 0 radical (unpaired) electrons. The molecule has 3 aromatic rings. The van der Waals surface area contributed by atoms with Gasteiger partial charge < -0.3 is 25.0 Å². The number of carbonyl (C=O) groups is 3. The largest absolute Gasteiger partial charge is 0.466 e. The summed E-state index contributed by atoms with van der Waals surface area (Å²) in [7, 11) is 1.33. The lowest BCUT2D eigenvalue weighted by Crippen LogP contribution is -2.51. The van der Waals surface area contributed by atoms with Gasteiger partial charge in [-0.3, -0.25) is 9.59 Å². The first-order chi connectivity index (χ1) is 21.4. The molecule has 0 spiro atoms. The number of rotatable bonds is 9. The van der Waals surface area contributed by atoms with E-state index in [0.717, 1.165) is 11.3 Å². The van der Waals surface area contributed by atoms with Crippen LogP contribution in [0, 0.1) is 5.82 Å². The molecule has 3 heterocycles. The van der Waals surface area contributed by atoms with Crippen LogP contribution in [-0.4, -0.2) is 66.7 Å². The minimum absolute atomic E-state index is 0.163. The average Bonchev–Trinajstić information content (AvgIpc) is 3.64. The average molecular weight is 598 g/mol. The highest BCUT2D eigenvalue weighted by Gasteiger charge is 2.60. The van der Waals surface area contributed by atoms with Crippen molar-refractivity contribution in [3.05, 3.63) is 113 Å². The van der Waals surface area contributed by atoms with Gasteiger partial charge in [-0.1, -0.05) is 48.5 Å². The predicted molar refractivity (Wildman–Crippen MR) is 163 cm³/mol. The second-order valence-electron chi connectivity index (χ2n) is 11.6. The number of methoxy groups -OCH3 is 1. The summed E-state index contributed by atoms with van der Waals surface area (Å²) in [5, 5.41) is 6.74. The van der Waals surface area contributed by atoms with E-state index < -0.39 is 23.5 Å². The first-order valence-electron chi connectivity index (χ1n) is 15.1. The smallest absolute Gasteiger partial charge is 0.337 e. The summed E-state index contributed by atoms with van der Waals surface area (Å²) < 4.78 is 25.2. The van der Waals surface area contributed by atoms with Gasteiger partial charge in [-0.2, -0.15) is 0 Å². The highest BCUT2D eigenvalue weighted by molar-refractivity contribution is 6.06. The highest BCUT2D eigenvalue weighted by atomic mass is 19.1. The van der Waals surface area contributed by atoms with Crippen molar-refractivity contribution in [2.45, 2.75) is 55.9 Å². The Morgan fingerprint density at radius 2 is 1.61 bits per heavy atom. The van der Waals surface area contributed by atoms with Gasteiger partial charge in [0.05, 0.1) is 30.4 Å². The number of hydrogen-bond donors (Lipinski definition) is 2. The number of nitrogens with zero attached hydrogens (tertiary/aromatic N) is 1. The van der Waals surface area contributed by atoms with Gasteiger partial charge in [-0.25, -0.2) is 9.18 Å². The Morgan fingerprint density at radius 3 is 2.27 bits per heavy atom. The van der Waals surface area contributed by atoms with Crippen LogP contribution in [0.15, 0.2) is 96.1 Å². The number of hydrogen-bond acceptors (Lipinski definition) is 6. The molecule has 2 bridgehead atoms. The Morgan fingerprint density at radius 1 is 0.955 bits per heavy atom. The number of nitrogens with one attached hydrogen (secondary N) is 2. The molecule has 3 aromatic carbocycles. The molecule has 6 rings (SSSR count). The van der Waals surface area contributed by atoms with Gasteiger partial charge in [0.1, 0.15) is 11.4 Å². The number of ether oxygens (including phenoxy) is 2. The van der Waals surface area contributed by atoms with Crippen molar-refractivity contribution < 1.29 is 28.2 Å². The molecular formula is C35H36FN3O5. The molecule has 2 saturated heterocycles. The summed E-state index contributed by atoms with van der Waals surface area (Å²) in [4.78, 5) is 42.0. The minimum atomic E-state index is -1.05. The molecule has 3 unspecified atom stereocenters. The molecule has 2 N–H and O–H groups in total. The van der Waals surface area contributed by atoms with Crippen molar-refractivity contribution in [2.24, 2.45) is 0 Å². The van der Waals surface area contributed by atoms with Crippen molar-refractivity contribution >= 4 is 23.5 Å². The molecule has 0 saturated carbocycles. The summed E-state index contributed by atoms with van der Waals surface area (Å²) in [5.41, 5.74) is 1.95. The maximum absolute atomic E-state index is 13.9. The van der Waals surface area contributed by atoms with E-state index in [1.54, 1.807) is 4.90 Å². The quantitative estimate of drug-likeness (QED) is 0.348. The SMILES string of the molecule is COC(=O)C1=C(C(=O)NC2CCN(C(=O)c3ccc(F)cc3)CC2)C2CCC1(C(Cc1ccccc1)Nc1ccccc1)O2. The van der Waals surface area contributed by atoms with Crippen LogP contribution >= 0.6 is 0 Å². The van der Waals surface area contributed by atoms with Gasteiger partial charge in [0.2, 0.25) is 0 Å². The lowest BCUT2D eigenvalue weighted by atomic mass is 9.75. The monoisotopic (exact) mass is 597 g/mol. The summed E-state index contributed by atoms with van der Waals surface area (Å²) in [6.07, 6.45) is 2.33. The van der Waals surface area contributed by atoms with Crippen LogP contribution in [0.3, 0.4) is 0 Å². The molecule has 0 aliphatic carbocycles. The zero-order valence-electron chi connectivity index (χ0n) is 24.6. The number of anilines is 1. The maximum atomic E-state index is 13.9. The van der Waals surface area contributed by atoms with Crippen molar-refractivity contribution in [3.8, 4) is 0 Å². The van der Waals surface area contributed by atoms with E-state index in [1.807, 2.05) is 60.7 Å². The van der Waals surface area contributed by atoms with Crippen LogP contribution in [0.4, 0.5) is 10.1 Å². The summed E-state index contributed by atoms with van der Waals surface area (Å²) in [5.74, 6) is -1.45. The van der Waals surface area contributed by atoms with Gasteiger partial charge in [-0.15, -0.1) is 0 Å². The highest BCUT2D eigenvalue weighted by Crippen LogP contribution is 2.51. The predicted octanol–water partition coefficient (Wildman–Crippen LogP) is 4.67. The van der Waals surface area contributed by atoms with E-state index in [0.29, 0.717) is 56.3 Å². The van der Waals surface area contributed by atoms with Crippen molar-refractivity contribution in [1.82, 2.24) is 10.2 Å². The first-order valence-corrected chi connectivity index (χ1v) is 15.1. The molecule has 9 heteroatoms. The number of piperidine rings is 1. The minimum Gasteiger partial charge on any atom is -0.466 e. The van der Waals surface area contributed by atoms with Crippen LogP contribution in [0.1, 0.15) is 41.6 Å². The molecule has 228 valence electrons. The van der Waals surface area contributed by atoms with Crippen molar-refractivity contribution in [2.75, 3.05) is 25.5 Å². The molecule has 3 atom stereocenters. The molecule has 2 amide bonds. The fraction of sp³-hybridized carbons (Fsp3) is 0.343. The van der Waals surface area contributed by atoms with E-state index in [-0.39, 0.29) is 29.5 Å². The van der Waals surface area contributed by atoms with Gasteiger partial charge in [-0.05, 0) is 74.1 Å². The number of esters is 1. The Balaban J connectivity index is 1.23. The standard InChI is InChI=1S/C35H36FN3O5/c1-43-34(42)31-30(32(40)38-27-17-20-39(21-18-27)33(41)24-12-14-25(36)15-13-24)28-16-19-35(31,44-28)29(22-23-8-4-2-5-9-23)37-26-10-6-3-7-11-26/h2-15,27-29,37H,16-22H2,1H3,(H,38,40). The molecule has 3 aliphatic heterocycles. The third kappa shape index (κ3) is 5.84. The molecule has 8 nitrogen and oxygen atoms in total. The summed E-state index contributed by atoms with van der Waals surface area (Å²) in [6, 6.07) is 24.8. The van der Waals surface area contributed by atoms with Gasteiger partial charge in [0, 0.05) is 30.4 Å². The number of carbonyl (C=O) groups excluding carboxylic acids is 3. The van der Waals surface area contributed by atoms with E-state index >= 15 is 0 Å². The number of halogens is 1. The third-order valence-electron chi connectivity index (χ3n) is 8.95. The van der Waals surface area contributed by atoms with Crippen LogP contribution in [0.5, 0.6) is 0 Å². The normalized spacial score (nSPS) is 22.0. The van der Waals surface area contributed by atoms with Gasteiger partial charge in [0.15, 0.2) is 0 Å². The van der Waals surface area contributed by atoms with Crippen molar-refractivity contribution in [1.29, 1.82) is 0 Å². The van der Waals surface area contributed by atoms with E-state index in [4.69, 9.17) is 9.47 Å². The Hall–Kier alpha value is -4.50. The number of amides is 2. The Labute approximate surface area is 256 Å². The summed E-state index contributed by atoms with van der Waals surface area (Å²) in [6.45, 7) is 0.905. The van der Waals surface area contributed by atoms with Crippen LogP contribution in [0.2, 0.25) is 0 Å². The third-order valence-corrected chi connectivity index (χ3v) is 8.95. The fourth-order valence-electron chi connectivity index (χ4n) is 6.75. The zero-order chi connectivity index (χ0) is 30.7. The number of likely N-dealkylation sites (tertiary alicyclic amines) is 1. The topological polar surface area (TPSA) is 97.0 Å². The lowest BCUT2D eigenvalue weighted by molar-refractivity contribution is -0.138. The van der Waals surface area contributed by atoms with Crippen LogP contribution in [0.25, 0.3) is 0 Å². The van der Waals surface area contributed by atoms with E-state index in [1.165, 1.54) is 31.4 Å². The Bertz CT molecular complexity index is 1500. The second-order valence-corrected chi connectivity index (χ2v) is 11.6. The zero-order valence-corrected chi connectivity index (χ0v) is 24.6. The molecule has 44 heavy (non-hydrogen) atoms. The van der Waals surface area contributed by atoms with E-state index in [9.17, 15) is 18.8 Å². The summed E-state index contributed by atoms with van der Waals surface area (Å²) >= 11 is 0.